The maximum atomic E-state index is 6.33. The van der Waals surface area contributed by atoms with Crippen molar-refractivity contribution in [1.29, 1.82) is 0 Å². The van der Waals surface area contributed by atoms with Gasteiger partial charge in [0.2, 0.25) is 0 Å². The predicted molar refractivity (Wildman–Crippen MR) is 87.6 cm³/mol. The Hall–Kier alpha value is -0.000000000000000132. The zero-order valence-electron chi connectivity index (χ0n) is 10.9. The number of nitrogens with one attached hydrogen (secondary N) is 1. The molecule has 1 heterocycles. The van der Waals surface area contributed by atoms with E-state index in [4.69, 9.17) is 11.6 Å². The lowest BCUT2D eigenvalue weighted by molar-refractivity contribution is 0.342. The van der Waals surface area contributed by atoms with Crippen molar-refractivity contribution in [2.45, 2.75) is 26.3 Å². The average molecular weight is 379 g/mol. The van der Waals surface area contributed by atoms with Gasteiger partial charge in [0.1, 0.15) is 0 Å². The van der Waals surface area contributed by atoms with Gasteiger partial charge in [-0.1, -0.05) is 31.9 Å². The van der Waals surface area contributed by atoms with Gasteiger partial charge in [-0.3, -0.25) is 0 Å². The quantitative estimate of drug-likeness (QED) is 0.806. The van der Waals surface area contributed by atoms with Gasteiger partial charge < -0.3 is 10.2 Å². The highest BCUT2D eigenvalue weighted by molar-refractivity contribution is 14.1. The van der Waals surface area contributed by atoms with Gasteiger partial charge in [0.05, 0.1) is 10.7 Å². The number of anilines is 1. The maximum absolute atomic E-state index is 6.33. The topological polar surface area (TPSA) is 15.3 Å². The lowest BCUT2D eigenvalue weighted by Gasteiger charge is -2.38. The first-order valence-electron chi connectivity index (χ1n) is 6.55. The summed E-state index contributed by atoms with van der Waals surface area (Å²) in [5.41, 5.74) is 1.18. The van der Waals surface area contributed by atoms with Gasteiger partial charge in [0.15, 0.2) is 0 Å². The van der Waals surface area contributed by atoms with Crippen molar-refractivity contribution in [1.82, 2.24) is 5.32 Å². The van der Waals surface area contributed by atoms with E-state index in [1.807, 2.05) is 6.07 Å². The Kier molecular flexibility index (Phi) is 5.15. The molecule has 0 aliphatic carbocycles. The van der Waals surface area contributed by atoms with Crippen LogP contribution in [-0.4, -0.2) is 25.7 Å². The van der Waals surface area contributed by atoms with E-state index in [0.717, 1.165) is 24.7 Å². The van der Waals surface area contributed by atoms with Crippen LogP contribution in [0.5, 0.6) is 0 Å². The minimum atomic E-state index is 0.567. The molecule has 1 aliphatic heterocycles. The van der Waals surface area contributed by atoms with E-state index in [1.165, 1.54) is 15.7 Å². The van der Waals surface area contributed by atoms with E-state index in [1.54, 1.807) is 0 Å². The Bertz CT molecular complexity index is 411. The molecule has 1 N–H and O–H groups in total. The Morgan fingerprint density at radius 2 is 2.33 bits per heavy atom. The number of rotatable bonds is 3. The van der Waals surface area contributed by atoms with Crippen LogP contribution in [0.3, 0.4) is 0 Å². The van der Waals surface area contributed by atoms with Crippen LogP contribution in [0.4, 0.5) is 5.69 Å². The minimum Gasteiger partial charge on any atom is -0.367 e. The summed E-state index contributed by atoms with van der Waals surface area (Å²) < 4.78 is 1.24. The number of benzene rings is 1. The highest BCUT2D eigenvalue weighted by Crippen LogP contribution is 2.29. The molecule has 1 aliphatic rings. The van der Waals surface area contributed by atoms with Crippen LogP contribution in [0.15, 0.2) is 18.2 Å². The van der Waals surface area contributed by atoms with Crippen molar-refractivity contribution in [3.8, 4) is 0 Å². The second kappa shape index (κ2) is 6.44. The van der Waals surface area contributed by atoms with Crippen molar-refractivity contribution >= 4 is 39.9 Å². The lowest BCUT2D eigenvalue weighted by Crippen LogP contribution is -2.53. The minimum absolute atomic E-state index is 0.567. The molecule has 2 atom stereocenters. The summed E-state index contributed by atoms with van der Waals surface area (Å²) in [4.78, 5) is 2.41. The van der Waals surface area contributed by atoms with Crippen LogP contribution in [0.2, 0.25) is 5.02 Å². The van der Waals surface area contributed by atoms with Crippen molar-refractivity contribution in [3.63, 3.8) is 0 Å². The van der Waals surface area contributed by atoms with Gasteiger partial charge in [-0.05, 0) is 46.7 Å². The second-order valence-electron chi connectivity index (χ2n) is 4.99. The molecule has 0 amide bonds. The first kappa shape index (κ1) is 14.4. The molecule has 4 heteroatoms. The Balaban J connectivity index is 2.15. The fourth-order valence-electron chi connectivity index (χ4n) is 2.39. The van der Waals surface area contributed by atoms with Crippen LogP contribution in [0.25, 0.3) is 0 Å². The summed E-state index contributed by atoms with van der Waals surface area (Å²) in [6.07, 6.45) is 1.21. The highest BCUT2D eigenvalue weighted by Gasteiger charge is 2.24. The largest absolute Gasteiger partial charge is 0.367 e. The van der Waals surface area contributed by atoms with Crippen LogP contribution in [0.1, 0.15) is 20.3 Å². The first-order chi connectivity index (χ1) is 8.61. The predicted octanol–water partition coefficient (Wildman–Crippen LogP) is 3.77. The Morgan fingerprint density at radius 3 is 3.06 bits per heavy atom. The Morgan fingerprint density at radius 1 is 1.56 bits per heavy atom. The molecular weight excluding hydrogens is 359 g/mol. The van der Waals surface area contributed by atoms with Crippen LogP contribution < -0.4 is 10.2 Å². The summed E-state index contributed by atoms with van der Waals surface area (Å²) in [6.45, 7) is 7.69. The van der Waals surface area contributed by atoms with E-state index < -0.39 is 0 Å². The Labute approximate surface area is 128 Å². The monoisotopic (exact) mass is 378 g/mol. The molecule has 1 aromatic rings. The zero-order valence-corrected chi connectivity index (χ0v) is 13.8. The van der Waals surface area contributed by atoms with Crippen LogP contribution in [-0.2, 0) is 0 Å². The first-order valence-corrected chi connectivity index (χ1v) is 8.01. The van der Waals surface area contributed by atoms with E-state index >= 15 is 0 Å². The molecule has 0 spiro atoms. The van der Waals surface area contributed by atoms with Crippen molar-refractivity contribution in [3.05, 3.63) is 26.8 Å². The normalized spacial score (nSPS) is 22.0. The molecule has 0 bridgehead atoms. The third-order valence-electron chi connectivity index (χ3n) is 3.79. The maximum Gasteiger partial charge on any atom is 0.0640 e. The van der Waals surface area contributed by atoms with Crippen LogP contribution >= 0.6 is 34.2 Å². The van der Waals surface area contributed by atoms with E-state index in [2.05, 4.69) is 58.8 Å². The van der Waals surface area contributed by atoms with Gasteiger partial charge >= 0.3 is 0 Å². The average Bonchev–Trinajstić information content (AvgIpc) is 2.40. The smallest absolute Gasteiger partial charge is 0.0640 e. The standard InChI is InChI=1S/C14H20ClIN2/c1-3-10(2)13-9-18(7-6-17-13)14-8-11(16)4-5-12(14)15/h4-5,8,10,13,17H,3,6-7,9H2,1-2H3. The lowest BCUT2D eigenvalue weighted by atomic mass is 9.97. The molecule has 100 valence electrons. The van der Waals surface area contributed by atoms with Gasteiger partial charge in [-0.25, -0.2) is 0 Å². The third kappa shape index (κ3) is 3.31. The molecule has 0 aromatic heterocycles. The van der Waals surface area contributed by atoms with Gasteiger partial charge in [0.25, 0.3) is 0 Å². The van der Waals surface area contributed by atoms with Gasteiger partial charge in [-0.15, -0.1) is 0 Å². The molecule has 2 rings (SSSR count). The van der Waals surface area contributed by atoms with E-state index in [-0.39, 0.29) is 0 Å². The summed E-state index contributed by atoms with van der Waals surface area (Å²) in [5.74, 6) is 0.703. The number of halogens is 2. The number of hydrogen-bond acceptors (Lipinski definition) is 2. The van der Waals surface area contributed by atoms with Gasteiger partial charge in [0, 0.05) is 29.2 Å². The number of piperazine rings is 1. The van der Waals surface area contributed by atoms with Gasteiger partial charge in [-0.2, -0.15) is 0 Å². The highest BCUT2D eigenvalue weighted by atomic mass is 127. The molecule has 1 aromatic carbocycles. The molecule has 2 unspecified atom stereocenters. The molecule has 0 saturated carbocycles. The molecule has 18 heavy (non-hydrogen) atoms. The van der Waals surface area contributed by atoms with Crippen molar-refractivity contribution in [2.75, 3.05) is 24.5 Å². The van der Waals surface area contributed by atoms with E-state index in [9.17, 15) is 0 Å². The fraction of sp³-hybridized carbons (Fsp3) is 0.571. The molecule has 2 nitrogen and oxygen atoms in total. The fourth-order valence-corrected chi connectivity index (χ4v) is 3.10. The third-order valence-corrected chi connectivity index (χ3v) is 4.78. The molecular formula is C14H20ClIN2. The SMILES string of the molecule is CCC(C)C1CN(c2cc(I)ccc2Cl)CCN1. The summed E-state index contributed by atoms with van der Waals surface area (Å²) in [6, 6.07) is 6.80. The number of hydrogen-bond donors (Lipinski definition) is 1. The molecule has 1 saturated heterocycles. The summed E-state index contributed by atoms with van der Waals surface area (Å²) >= 11 is 8.67. The zero-order chi connectivity index (χ0) is 13.1. The summed E-state index contributed by atoms with van der Waals surface area (Å²) in [5, 5.41) is 4.48. The molecule has 1 fully saturated rings. The van der Waals surface area contributed by atoms with Crippen molar-refractivity contribution < 1.29 is 0 Å². The summed E-state index contributed by atoms with van der Waals surface area (Å²) in [7, 11) is 0. The number of nitrogens with zero attached hydrogens (tertiary/aromatic N) is 1. The van der Waals surface area contributed by atoms with E-state index in [0.29, 0.717) is 12.0 Å². The van der Waals surface area contributed by atoms with Crippen LogP contribution in [0, 0.1) is 9.49 Å². The van der Waals surface area contributed by atoms with Crippen molar-refractivity contribution in [2.24, 2.45) is 5.92 Å². The molecule has 0 radical (unpaired) electrons. The second-order valence-corrected chi connectivity index (χ2v) is 6.64.